The Labute approximate surface area is 150 Å². The molecule has 0 fully saturated rings. The summed E-state index contributed by atoms with van der Waals surface area (Å²) in [5.74, 6) is 1.23. The van der Waals surface area contributed by atoms with Crippen molar-refractivity contribution in [1.29, 1.82) is 0 Å². The van der Waals surface area contributed by atoms with Gasteiger partial charge in [0.2, 0.25) is 0 Å². The zero-order valence-corrected chi connectivity index (χ0v) is 15.9. The predicted octanol–water partition coefficient (Wildman–Crippen LogP) is 4.49. The van der Waals surface area contributed by atoms with E-state index in [1.54, 1.807) is 20.3 Å². The van der Waals surface area contributed by atoms with Crippen molar-refractivity contribution < 1.29 is 23.8 Å². The summed E-state index contributed by atoms with van der Waals surface area (Å²) in [7, 11) is 4.57. The molecule has 0 aromatic heterocycles. The predicted molar refractivity (Wildman–Crippen MR) is 97.6 cm³/mol. The smallest absolute Gasteiger partial charge is 0.305 e. The molecule has 0 atom stereocenters. The van der Waals surface area contributed by atoms with Gasteiger partial charge in [-0.05, 0) is 37.5 Å². The SMILES string of the molecule is COC(=O)CCCCCCCCC(=O)c1cc(OC)c(OC)cc1C. The van der Waals surface area contributed by atoms with E-state index in [2.05, 4.69) is 4.74 Å². The fourth-order valence-electron chi connectivity index (χ4n) is 2.78. The molecule has 0 saturated heterocycles. The topological polar surface area (TPSA) is 61.8 Å². The maximum absolute atomic E-state index is 12.4. The lowest BCUT2D eigenvalue weighted by Gasteiger charge is -2.12. The highest BCUT2D eigenvalue weighted by Gasteiger charge is 2.14. The normalized spacial score (nSPS) is 10.4. The molecule has 5 nitrogen and oxygen atoms in total. The number of methoxy groups -OCH3 is 3. The van der Waals surface area contributed by atoms with Crippen molar-refractivity contribution in [3.05, 3.63) is 23.3 Å². The van der Waals surface area contributed by atoms with Crippen LogP contribution in [0.5, 0.6) is 11.5 Å². The van der Waals surface area contributed by atoms with E-state index < -0.39 is 0 Å². The summed E-state index contributed by atoms with van der Waals surface area (Å²) in [6, 6.07) is 3.61. The maximum Gasteiger partial charge on any atom is 0.305 e. The Kier molecular flexibility index (Phi) is 9.66. The minimum absolute atomic E-state index is 0.143. The number of hydrogen-bond acceptors (Lipinski definition) is 5. The van der Waals surface area contributed by atoms with Crippen LogP contribution < -0.4 is 9.47 Å². The second kappa shape index (κ2) is 11.5. The fourth-order valence-corrected chi connectivity index (χ4v) is 2.78. The fraction of sp³-hybridized carbons (Fsp3) is 0.600. The van der Waals surface area contributed by atoms with E-state index in [-0.39, 0.29) is 11.8 Å². The Bertz CT molecular complexity index is 565. The van der Waals surface area contributed by atoms with E-state index in [1.807, 2.05) is 13.0 Å². The largest absolute Gasteiger partial charge is 0.493 e. The molecule has 0 aliphatic rings. The maximum atomic E-state index is 12.4. The van der Waals surface area contributed by atoms with Crippen LogP contribution in [0.3, 0.4) is 0 Å². The first kappa shape index (κ1) is 21.0. The van der Waals surface area contributed by atoms with Gasteiger partial charge in [0.05, 0.1) is 21.3 Å². The van der Waals surface area contributed by atoms with Crippen molar-refractivity contribution in [3.63, 3.8) is 0 Å². The minimum Gasteiger partial charge on any atom is -0.493 e. The van der Waals surface area contributed by atoms with E-state index in [1.165, 1.54) is 7.11 Å². The number of ketones is 1. The van der Waals surface area contributed by atoms with Crippen molar-refractivity contribution in [2.24, 2.45) is 0 Å². The lowest BCUT2D eigenvalue weighted by molar-refractivity contribution is -0.140. The Morgan fingerprint density at radius 2 is 1.32 bits per heavy atom. The van der Waals surface area contributed by atoms with Gasteiger partial charge in [0.15, 0.2) is 17.3 Å². The number of benzene rings is 1. The molecule has 0 radical (unpaired) electrons. The molecular weight excluding hydrogens is 320 g/mol. The number of rotatable bonds is 12. The molecule has 0 unspecified atom stereocenters. The Morgan fingerprint density at radius 1 is 0.800 bits per heavy atom. The highest BCUT2D eigenvalue weighted by molar-refractivity contribution is 5.98. The lowest BCUT2D eigenvalue weighted by Crippen LogP contribution is -2.03. The summed E-state index contributed by atoms with van der Waals surface area (Å²) in [6.07, 6.45) is 7.00. The third-order valence-electron chi connectivity index (χ3n) is 4.29. The standard InChI is InChI=1S/C20H30O5/c1-15-13-18(23-2)19(24-3)14-16(15)17(21)11-9-7-5-6-8-10-12-20(22)25-4/h13-14H,5-12H2,1-4H3. The summed E-state index contributed by atoms with van der Waals surface area (Å²) in [5, 5.41) is 0. The van der Waals surface area contributed by atoms with Gasteiger partial charge in [-0.15, -0.1) is 0 Å². The highest BCUT2D eigenvalue weighted by atomic mass is 16.5. The van der Waals surface area contributed by atoms with E-state index in [4.69, 9.17) is 9.47 Å². The van der Waals surface area contributed by atoms with Gasteiger partial charge in [0.1, 0.15) is 0 Å². The van der Waals surface area contributed by atoms with Gasteiger partial charge in [-0.2, -0.15) is 0 Å². The molecule has 0 N–H and O–H groups in total. The van der Waals surface area contributed by atoms with E-state index >= 15 is 0 Å². The van der Waals surface area contributed by atoms with Crippen LogP contribution >= 0.6 is 0 Å². The molecule has 0 bridgehead atoms. The summed E-state index contributed by atoms with van der Waals surface area (Å²) in [4.78, 5) is 23.4. The molecule has 0 aliphatic heterocycles. The molecule has 1 aromatic carbocycles. The van der Waals surface area contributed by atoms with Gasteiger partial charge >= 0.3 is 5.97 Å². The van der Waals surface area contributed by atoms with Crippen LogP contribution in [0.2, 0.25) is 0 Å². The van der Waals surface area contributed by atoms with Crippen molar-refractivity contribution >= 4 is 11.8 Å². The zero-order chi connectivity index (χ0) is 18.7. The van der Waals surface area contributed by atoms with Gasteiger partial charge in [-0.1, -0.05) is 25.7 Å². The first-order chi connectivity index (χ1) is 12.0. The summed E-state index contributed by atoms with van der Waals surface area (Å²) in [5.41, 5.74) is 1.61. The molecule has 0 aliphatic carbocycles. The van der Waals surface area contributed by atoms with Crippen LogP contribution in [0.15, 0.2) is 12.1 Å². The van der Waals surface area contributed by atoms with Crippen molar-refractivity contribution in [3.8, 4) is 11.5 Å². The van der Waals surface area contributed by atoms with Gasteiger partial charge < -0.3 is 14.2 Å². The number of hydrogen-bond donors (Lipinski definition) is 0. The average molecular weight is 350 g/mol. The van der Waals surface area contributed by atoms with Crippen LogP contribution in [0.25, 0.3) is 0 Å². The van der Waals surface area contributed by atoms with Gasteiger partial charge in [-0.3, -0.25) is 9.59 Å². The summed E-state index contributed by atoms with van der Waals surface area (Å²) < 4.78 is 15.1. The summed E-state index contributed by atoms with van der Waals surface area (Å²) in [6.45, 7) is 1.91. The second-order valence-corrected chi connectivity index (χ2v) is 6.14. The van der Waals surface area contributed by atoms with E-state index in [9.17, 15) is 9.59 Å². The van der Waals surface area contributed by atoms with E-state index in [0.717, 1.165) is 44.1 Å². The Hall–Kier alpha value is -2.04. The van der Waals surface area contributed by atoms with Gasteiger partial charge in [0, 0.05) is 18.4 Å². The monoisotopic (exact) mass is 350 g/mol. The Morgan fingerprint density at radius 3 is 1.88 bits per heavy atom. The van der Waals surface area contributed by atoms with Crippen LogP contribution in [0.1, 0.15) is 67.3 Å². The molecule has 1 aromatic rings. The number of aryl methyl sites for hydroxylation is 1. The number of unbranched alkanes of at least 4 members (excludes halogenated alkanes) is 5. The molecule has 0 amide bonds. The van der Waals surface area contributed by atoms with Crippen LogP contribution in [-0.2, 0) is 9.53 Å². The first-order valence-electron chi connectivity index (χ1n) is 8.86. The Balaban J connectivity index is 2.32. The third-order valence-corrected chi connectivity index (χ3v) is 4.29. The molecular formula is C20H30O5. The number of esters is 1. The van der Waals surface area contributed by atoms with Crippen molar-refractivity contribution in [1.82, 2.24) is 0 Å². The van der Waals surface area contributed by atoms with E-state index in [0.29, 0.717) is 29.9 Å². The molecule has 1 rings (SSSR count). The molecule has 140 valence electrons. The van der Waals surface area contributed by atoms with Crippen molar-refractivity contribution in [2.45, 2.75) is 58.3 Å². The summed E-state index contributed by atoms with van der Waals surface area (Å²) >= 11 is 0. The van der Waals surface area contributed by atoms with Crippen molar-refractivity contribution in [2.75, 3.05) is 21.3 Å². The van der Waals surface area contributed by atoms with Gasteiger partial charge in [-0.25, -0.2) is 0 Å². The molecule has 25 heavy (non-hydrogen) atoms. The second-order valence-electron chi connectivity index (χ2n) is 6.14. The third kappa shape index (κ3) is 7.16. The van der Waals surface area contributed by atoms with Crippen LogP contribution in [0, 0.1) is 6.92 Å². The number of carbonyl (C=O) groups excluding carboxylic acids is 2. The molecule has 5 heteroatoms. The molecule has 0 heterocycles. The zero-order valence-electron chi connectivity index (χ0n) is 15.9. The highest BCUT2D eigenvalue weighted by Crippen LogP contribution is 2.31. The number of carbonyl (C=O) groups is 2. The first-order valence-corrected chi connectivity index (χ1v) is 8.86. The molecule has 0 saturated carbocycles. The van der Waals surface area contributed by atoms with Crippen LogP contribution in [0.4, 0.5) is 0 Å². The average Bonchev–Trinajstić information content (AvgIpc) is 2.62. The van der Waals surface area contributed by atoms with Crippen LogP contribution in [-0.4, -0.2) is 33.1 Å². The minimum atomic E-state index is -0.143. The lowest BCUT2D eigenvalue weighted by atomic mass is 9.99. The number of Topliss-reactive ketones (excluding diaryl/α,β-unsaturated/α-hetero) is 1. The van der Waals surface area contributed by atoms with Gasteiger partial charge in [0.25, 0.3) is 0 Å². The number of ether oxygens (including phenoxy) is 3. The quantitative estimate of drug-likeness (QED) is 0.316. The molecule has 0 spiro atoms.